The van der Waals surface area contributed by atoms with Crippen molar-refractivity contribution in [2.45, 2.75) is 19.3 Å². The number of fused-ring (bicyclic) bond motifs is 1. The van der Waals surface area contributed by atoms with Crippen molar-refractivity contribution < 1.29 is 19.1 Å². The summed E-state index contributed by atoms with van der Waals surface area (Å²) < 4.78 is 11.3. The van der Waals surface area contributed by atoms with E-state index in [0.29, 0.717) is 43.5 Å². The zero-order chi connectivity index (χ0) is 18.6. The molecule has 1 fully saturated rings. The Morgan fingerprint density at radius 3 is 2.78 bits per heavy atom. The van der Waals surface area contributed by atoms with Crippen molar-refractivity contribution in [3.63, 3.8) is 0 Å². The molecular formula is C20H22N2O4S. The van der Waals surface area contributed by atoms with Gasteiger partial charge in [-0.05, 0) is 36.4 Å². The van der Waals surface area contributed by atoms with Gasteiger partial charge in [0.2, 0.25) is 5.91 Å². The number of carbonyl (C=O) groups excluding carboxylic acids is 2. The van der Waals surface area contributed by atoms with Gasteiger partial charge in [0.15, 0.2) is 11.5 Å². The van der Waals surface area contributed by atoms with Gasteiger partial charge in [-0.25, -0.2) is 0 Å². The molecule has 0 radical (unpaired) electrons. The second-order valence-electron chi connectivity index (χ2n) is 6.77. The van der Waals surface area contributed by atoms with Crippen LogP contribution in [0.25, 0.3) is 0 Å². The van der Waals surface area contributed by atoms with E-state index >= 15 is 0 Å². The minimum absolute atomic E-state index is 0.0121. The van der Waals surface area contributed by atoms with E-state index in [1.807, 2.05) is 29.6 Å². The van der Waals surface area contributed by atoms with Crippen LogP contribution in [0.4, 0.5) is 5.69 Å². The molecule has 27 heavy (non-hydrogen) atoms. The lowest BCUT2D eigenvalue weighted by Crippen LogP contribution is -2.43. The predicted molar refractivity (Wildman–Crippen MR) is 104 cm³/mol. The number of carbonyl (C=O) groups is 2. The number of anilines is 1. The lowest BCUT2D eigenvalue weighted by Gasteiger charge is -2.31. The number of thiophene rings is 1. The summed E-state index contributed by atoms with van der Waals surface area (Å²) in [5.41, 5.74) is 0.686. The molecule has 0 aliphatic carbocycles. The number of ether oxygens (including phenoxy) is 2. The van der Waals surface area contributed by atoms with Gasteiger partial charge in [-0.2, -0.15) is 0 Å². The summed E-state index contributed by atoms with van der Waals surface area (Å²) in [6.45, 7) is 2.39. The standard InChI is InChI=1S/C20H22N2O4S/c23-19(21-15-6-7-16-17(12-15)26-10-3-9-25-16)14-4-1-8-22(13-14)20(24)18-5-2-11-27-18/h2,5-7,11-12,14H,1,3-4,8-10,13H2,(H,21,23). The quantitative estimate of drug-likeness (QED) is 0.878. The van der Waals surface area contributed by atoms with E-state index < -0.39 is 0 Å². The first-order valence-electron chi connectivity index (χ1n) is 9.24. The maximum absolute atomic E-state index is 12.7. The topological polar surface area (TPSA) is 67.9 Å². The summed E-state index contributed by atoms with van der Waals surface area (Å²) in [6, 6.07) is 9.15. The van der Waals surface area contributed by atoms with Crippen LogP contribution in [0.3, 0.4) is 0 Å². The van der Waals surface area contributed by atoms with Crippen LogP contribution in [-0.2, 0) is 4.79 Å². The summed E-state index contributed by atoms with van der Waals surface area (Å²) in [6.07, 6.45) is 2.45. The molecule has 3 heterocycles. The highest BCUT2D eigenvalue weighted by Gasteiger charge is 2.29. The lowest BCUT2D eigenvalue weighted by atomic mass is 9.97. The molecule has 1 N–H and O–H groups in total. The average Bonchev–Trinajstić information content (AvgIpc) is 3.13. The molecule has 4 rings (SSSR count). The van der Waals surface area contributed by atoms with Crippen molar-refractivity contribution in [2.75, 3.05) is 31.6 Å². The molecule has 142 valence electrons. The molecule has 1 atom stereocenters. The van der Waals surface area contributed by atoms with E-state index in [2.05, 4.69) is 5.32 Å². The van der Waals surface area contributed by atoms with Gasteiger partial charge >= 0.3 is 0 Å². The van der Waals surface area contributed by atoms with Crippen molar-refractivity contribution in [3.05, 3.63) is 40.6 Å². The summed E-state index contributed by atoms with van der Waals surface area (Å²) in [4.78, 5) is 27.8. The van der Waals surface area contributed by atoms with Gasteiger partial charge in [0, 0.05) is 31.3 Å². The molecule has 2 aromatic rings. The first-order valence-corrected chi connectivity index (χ1v) is 10.1. The van der Waals surface area contributed by atoms with E-state index in [0.717, 1.165) is 24.1 Å². The zero-order valence-electron chi connectivity index (χ0n) is 15.0. The molecule has 1 aromatic carbocycles. The number of piperidine rings is 1. The highest BCUT2D eigenvalue weighted by atomic mass is 32.1. The van der Waals surface area contributed by atoms with Gasteiger partial charge in [-0.3, -0.25) is 9.59 Å². The molecule has 2 aliphatic rings. The highest BCUT2D eigenvalue weighted by molar-refractivity contribution is 7.12. The average molecular weight is 386 g/mol. The van der Waals surface area contributed by atoms with Crippen LogP contribution < -0.4 is 14.8 Å². The number of rotatable bonds is 3. The van der Waals surface area contributed by atoms with Gasteiger partial charge in [0.1, 0.15) is 0 Å². The fourth-order valence-electron chi connectivity index (χ4n) is 3.42. The van der Waals surface area contributed by atoms with Crippen molar-refractivity contribution >= 4 is 28.8 Å². The van der Waals surface area contributed by atoms with Gasteiger partial charge in [0.25, 0.3) is 5.91 Å². The minimum atomic E-state index is -0.210. The Hall–Kier alpha value is -2.54. The van der Waals surface area contributed by atoms with Crippen molar-refractivity contribution in [1.82, 2.24) is 4.90 Å². The molecule has 2 amide bonds. The molecule has 0 saturated carbocycles. The van der Waals surface area contributed by atoms with Gasteiger partial charge in [-0.1, -0.05) is 6.07 Å². The Labute approximate surface area is 162 Å². The minimum Gasteiger partial charge on any atom is -0.490 e. The van der Waals surface area contributed by atoms with Gasteiger partial charge in [0.05, 0.1) is 24.0 Å². The molecule has 0 bridgehead atoms. The number of hydrogen-bond donors (Lipinski definition) is 1. The number of nitrogens with one attached hydrogen (secondary N) is 1. The maximum atomic E-state index is 12.7. The Kier molecular flexibility index (Phi) is 5.29. The maximum Gasteiger partial charge on any atom is 0.263 e. The number of hydrogen-bond acceptors (Lipinski definition) is 5. The SMILES string of the molecule is O=C(Nc1ccc2c(c1)OCCCO2)C1CCCN(C(=O)c2cccs2)C1. The zero-order valence-corrected chi connectivity index (χ0v) is 15.8. The summed E-state index contributed by atoms with van der Waals surface area (Å²) in [7, 11) is 0. The van der Waals surface area contributed by atoms with Gasteiger partial charge in [-0.15, -0.1) is 11.3 Å². The second kappa shape index (κ2) is 8.00. The fourth-order valence-corrected chi connectivity index (χ4v) is 4.11. The second-order valence-corrected chi connectivity index (χ2v) is 7.72. The van der Waals surface area contributed by atoms with Crippen molar-refractivity contribution in [1.29, 1.82) is 0 Å². The molecule has 1 saturated heterocycles. The molecular weight excluding hydrogens is 364 g/mol. The highest BCUT2D eigenvalue weighted by Crippen LogP contribution is 2.32. The Balaban J connectivity index is 1.40. The smallest absolute Gasteiger partial charge is 0.263 e. The normalized spacial score (nSPS) is 19.3. The van der Waals surface area contributed by atoms with Crippen LogP contribution in [0, 0.1) is 5.92 Å². The summed E-state index contributed by atoms with van der Waals surface area (Å²) >= 11 is 1.43. The number of likely N-dealkylation sites (tertiary alicyclic amines) is 1. The number of nitrogens with zero attached hydrogens (tertiary/aromatic N) is 1. The summed E-state index contributed by atoms with van der Waals surface area (Å²) in [5, 5.41) is 4.86. The van der Waals surface area contributed by atoms with E-state index in [1.165, 1.54) is 11.3 Å². The molecule has 2 aliphatic heterocycles. The predicted octanol–water partition coefficient (Wildman–Crippen LogP) is 3.40. The fraction of sp³-hybridized carbons (Fsp3) is 0.400. The van der Waals surface area contributed by atoms with E-state index in [-0.39, 0.29) is 17.7 Å². The van der Waals surface area contributed by atoms with Gasteiger partial charge < -0.3 is 19.7 Å². The monoisotopic (exact) mass is 386 g/mol. The summed E-state index contributed by atoms with van der Waals surface area (Å²) in [5.74, 6) is 1.10. The van der Waals surface area contributed by atoms with E-state index in [4.69, 9.17) is 9.47 Å². The van der Waals surface area contributed by atoms with E-state index in [9.17, 15) is 9.59 Å². The molecule has 1 aromatic heterocycles. The molecule has 1 unspecified atom stereocenters. The number of amides is 2. The van der Waals surface area contributed by atoms with Crippen LogP contribution in [0.1, 0.15) is 28.9 Å². The van der Waals surface area contributed by atoms with Crippen LogP contribution in [0.15, 0.2) is 35.7 Å². The largest absolute Gasteiger partial charge is 0.490 e. The van der Waals surface area contributed by atoms with Crippen LogP contribution >= 0.6 is 11.3 Å². The third kappa shape index (κ3) is 4.08. The van der Waals surface area contributed by atoms with Crippen LogP contribution in [-0.4, -0.2) is 43.0 Å². The molecule has 0 spiro atoms. The molecule has 7 heteroatoms. The van der Waals surface area contributed by atoms with Crippen molar-refractivity contribution in [2.24, 2.45) is 5.92 Å². The Morgan fingerprint density at radius 2 is 1.96 bits per heavy atom. The first kappa shape index (κ1) is 17.9. The first-order chi connectivity index (χ1) is 13.2. The van der Waals surface area contributed by atoms with E-state index in [1.54, 1.807) is 11.0 Å². The third-order valence-corrected chi connectivity index (χ3v) is 5.68. The van der Waals surface area contributed by atoms with Crippen molar-refractivity contribution in [3.8, 4) is 11.5 Å². The van der Waals surface area contributed by atoms with Crippen LogP contribution in [0.2, 0.25) is 0 Å². The van der Waals surface area contributed by atoms with Crippen LogP contribution in [0.5, 0.6) is 11.5 Å². The number of benzene rings is 1. The molecule has 6 nitrogen and oxygen atoms in total. The Bertz CT molecular complexity index is 821. The Morgan fingerprint density at radius 1 is 1.11 bits per heavy atom. The third-order valence-electron chi connectivity index (χ3n) is 4.83. The lowest BCUT2D eigenvalue weighted by molar-refractivity contribution is -0.121.